The highest BCUT2D eigenvalue weighted by Crippen LogP contribution is 2.47. The van der Waals surface area contributed by atoms with E-state index in [9.17, 15) is 9.90 Å². The maximum Gasteiger partial charge on any atom is 0.210 e. The van der Waals surface area contributed by atoms with Gasteiger partial charge in [-0.2, -0.15) is 0 Å². The zero-order chi connectivity index (χ0) is 18.1. The van der Waals surface area contributed by atoms with Crippen LogP contribution in [0.5, 0.6) is 0 Å². The first-order chi connectivity index (χ1) is 11.8. The highest BCUT2D eigenvalue weighted by atomic mass is 16.3. The molecule has 1 amide bonds. The van der Waals surface area contributed by atoms with E-state index in [2.05, 4.69) is 56.3 Å². The number of hydrogen-bond donors (Lipinski definition) is 1. The number of β-amino-alcohol motifs (C(OH)–C–C–N with tert-alkyl or cyclic N) is 1. The molecule has 25 heavy (non-hydrogen) atoms. The first-order valence-corrected chi connectivity index (χ1v) is 9.51. The SMILES string of the molecule is CN(C)[C@]1(c2ccccc2)CC[C@](C)(N(C=O)CC2(O)CCC2)CC1. The van der Waals surface area contributed by atoms with Crippen molar-refractivity contribution in [3.05, 3.63) is 35.9 Å². The molecule has 2 fully saturated rings. The molecule has 0 heterocycles. The van der Waals surface area contributed by atoms with Crippen molar-refractivity contribution in [1.82, 2.24) is 9.80 Å². The lowest BCUT2D eigenvalue weighted by molar-refractivity contribution is -0.137. The summed E-state index contributed by atoms with van der Waals surface area (Å²) in [6.07, 6.45) is 7.60. The van der Waals surface area contributed by atoms with Gasteiger partial charge in [0.2, 0.25) is 6.41 Å². The Kier molecular flexibility index (Phi) is 4.95. The van der Waals surface area contributed by atoms with Gasteiger partial charge in [-0.1, -0.05) is 30.3 Å². The second-order valence-electron chi connectivity index (χ2n) is 8.60. The van der Waals surface area contributed by atoms with Crippen LogP contribution in [0.4, 0.5) is 0 Å². The largest absolute Gasteiger partial charge is 0.388 e. The van der Waals surface area contributed by atoms with Crippen LogP contribution in [0, 0.1) is 0 Å². The van der Waals surface area contributed by atoms with E-state index in [4.69, 9.17) is 0 Å². The summed E-state index contributed by atoms with van der Waals surface area (Å²) in [5.41, 5.74) is 0.570. The minimum Gasteiger partial charge on any atom is -0.388 e. The van der Waals surface area contributed by atoms with E-state index in [1.165, 1.54) is 5.56 Å². The average Bonchev–Trinajstić information content (AvgIpc) is 2.59. The Hall–Kier alpha value is -1.39. The average molecular weight is 344 g/mol. The molecule has 4 nitrogen and oxygen atoms in total. The zero-order valence-corrected chi connectivity index (χ0v) is 15.9. The molecule has 4 heteroatoms. The highest BCUT2D eigenvalue weighted by Gasteiger charge is 2.47. The number of carbonyl (C=O) groups is 1. The number of rotatable bonds is 6. The Morgan fingerprint density at radius 2 is 1.64 bits per heavy atom. The molecule has 138 valence electrons. The third-order valence-corrected chi connectivity index (χ3v) is 6.89. The lowest BCUT2D eigenvalue weighted by Crippen LogP contribution is -2.58. The Labute approximate surface area is 151 Å². The predicted molar refractivity (Wildman–Crippen MR) is 100 cm³/mol. The molecule has 0 atom stereocenters. The summed E-state index contributed by atoms with van der Waals surface area (Å²) in [5.74, 6) is 0. The fourth-order valence-corrected chi connectivity index (χ4v) is 4.65. The fourth-order valence-electron chi connectivity index (χ4n) is 4.65. The molecule has 2 aliphatic carbocycles. The second kappa shape index (κ2) is 6.73. The van der Waals surface area contributed by atoms with E-state index < -0.39 is 5.60 Å². The summed E-state index contributed by atoms with van der Waals surface area (Å²) in [6.45, 7) is 2.67. The van der Waals surface area contributed by atoms with Crippen molar-refractivity contribution in [3.8, 4) is 0 Å². The standard InChI is InChI=1S/C21H32N2O2/c1-19(23(17-24)16-20(25)10-7-11-20)12-14-21(15-13-19,22(2)3)18-8-5-4-6-9-18/h4-6,8-9,17,25H,7,10-16H2,1-3H3/t19-,21+. The van der Waals surface area contributed by atoms with Gasteiger partial charge in [0.25, 0.3) is 0 Å². The summed E-state index contributed by atoms with van der Waals surface area (Å²) in [7, 11) is 4.31. The number of hydrogen-bond acceptors (Lipinski definition) is 3. The normalized spacial score (nSPS) is 31.4. The molecule has 0 aromatic heterocycles. The van der Waals surface area contributed by atoms with Crippen LogP contribution in [0.1, 0.15) is 57.4 Å². The van der Waals surface area contributed by atoms with Crippen LogP contribution in [-0.4, -0.2) is 53.1 Å². The van der Waals surface area contributed by atoms with Crippen LogP contribution in [0.15, 0.2) is 30.3 Å². The molecule has 1 aromatic carbocycles. The van der Waals surface area contributed by atoms with Crippen molar-refractivity contribution in [2.75, 3.05) is 20.6 Å². The molecule has 1 N–H and O–H groups in total. The highest BCUT2D eigenvalue weighted by molar-refractivity contribution is 5.49. The monoisotopic (exact) mass is 344 g/mol. The molecule has 0 radical (unpaired) electrons. The number of amides is 1. The molecule has 3 rings (SSSR count). The topological polar surface area (TPSA) is 43.8 Å². The number of aliphatic hydroxyl groups is 1. The van der Waals surface area contributed by atoms with Crippen molar-refractivity contribution in [1.29, 1.82) is 0 Å². The Morgan fingerprint density at radius 1 is 1.04 bits per heavy atom. The van der Waals surface area contributed by atoms with E-state index in [1.807, 2.05) is 4.90 Å². The van der Waals surface area contributed by atoms with Crippen LogP contribution in [0.25, 0.3) is 0 Å². The van der Waals surface area contributed by atoms with Gasteiger partial charge in [-0.05, 0) is 71.5 Å². The van der Waals surface area contributed by atoms with Gasteiger partial charge >= 0.3 is 0 Å². The van der Waals surface area contributed by atoms with E-state index in [1.54, 1.807) is 0 Å². The number of carbonyl (C=O) groups excluding carboxylic acids is 1. The van der Waals surface area contributed by atoms with E-state index in [0.29, 0.717) is 6.54 Å². The molecule has 2 saturated carbocycles. The molecular formula is C21H32N2O2. The van der Waals surface area contributed by atoms with E-state index in [-0.39, 0.29) is 11.1 Å². The lowest BCUT2D eigenvalue weighted by Gasteiger charge is -2.53. The van der Waals surface area contributed by atoms with Crippen molar-refractivity contribution < 1.29 is 9.90 Å². The first kappa shape index (κ1) is 18.4. The zero-order valence-electron chi connectivity index (χ0n) is 15.9. The summed E-state index contributed by atoms with van der Waals surface area (Å²) in [6, 6.07) is 10.7. The first-order valence-electron chi connectivity index (χ1n) is 9.51. The van der Waals surface area contributed by atoms with Crippen LogP contribution in [0.2, 0.25) is 0 Å². The minimum atomic E-state index is -0.653. The molecular weight excluding hydrogens is 312 g/mol. The van der Waals surface area contributed by atoms with E-state index in [0.717, 1.165) is 51.4 Å². The fraction of sp³-hybridized carbons (Fsp3) is 0.667. The molecule has 1 aromatic rings. The van der Waals surface area contributed by atoms with E-state index >= 15 is 0 Å². The van der Waals surface area contributed by atoms with Crippen molar-refractivity contribution in [3.63, 3.8) is 0 Å². The van der Waals surface area contributed by atoms with Gasteiger partial charge < -0.3 is 10.0 Å². The molecule has 0 bridgehead atoms. The Balaban J connectivity index is 1.77. The molecule has 0 unspecified atom stereocenters. The third-order valence-electron chi connectivity index (χ3n) is 6.89. The summed E-state index contributed by atoms with van der Waals surface area (Å²) < 4.78 is 0. The van der Waals surface area contributed by atoms with Gasteiger partial charge in [-0.25, -0.2) is 0 Å². The van der Waals surface area contributed by atoms with Crippen LogP contribution in [0.3, 0.4) is 0 Å². The summed E-state index contributed by atoms with van der Waals surface area (Å²) in [5, 5.41) is 10.5. The van der Waals surface area contributed by atoms with Crippen molar-refractivity contribution in [2.45, 2.75) is 68.5 Å². The Bertz CT molecular complexity index is 587. The number of nitrogens with zero attached hydrogens (tertiary/aromatic N) is 2. The maximum atomic E-state index is 11.8. The minimum absolute atomic E-state index is 0.0305. The predicted octanol–water partition coefficient (Wildman–Crippen LogP) is 3.15. The molecule has 2 aliphatic rings. The van der Waals surface area contributed by atoms with Gasteiger partial charge in [0.05, 0.1) is 5.60 Å². The number of benzene rings is 1. The molecule has 0 spiro atoms. The van der Waals surface area contributed by atoms with Crippen molar-refractivity contribution in [2.24, 2.45) is 0 Å². The smallest absolute Gasteiger partial charge is 0.210 e. The lowest BCUT2D eigenvalue weighted by atomic mass is 9.68. The molecule has 0 aliphatic heterocycles. The van der Waals surface area contributed by atoms with Crippen molar-refractivity contribution >= 4 is 6.41 Å². The Morgan fingerprint density at radius 3 is 2.08 bits per heavy atom. The quantitative estimate of drug-likeness (QED) is 0.806. The summed E-state index contributed by atoms with van der Waals surface area (Å²) in [4.78, 5) is 16.0. The van der Waals surface area contributed by atoms with Gasteiger partial charge in [0.15, 0.2) is 0 Å². The third kappa shape index (κ3) is 3.34. The second-order valence-corrected chi connectivity index (χ2v) is 8.60. The van der Waals surface area contributed by atoms with Gasteiger partial charge in [-0.15, -0.1) is 0 Å². The van der Waals surface area contributed by atoms with Gasteiger partial charge in [0.1, 0.15) is 0 Å². The van der Waals surface area contributed by atoms with Crippen LogP contribution in [-0.2, 0) is 10.3 Å². The maximum absolute atomic E-state index is 11.8. The van der Waals surface area contributed by atoms with Gasteiger partial charge in [-0.3, -0.25) is 9.69 Å². The van der Waals surface area contributed by atoms with Gasteiger partial charge in [0, 0.05) is 17.6 Å². The molecule has 0 saturated heterocycles. The van der Waals surface area contributed by atoms with Crippen LogP contribution < -0.4 is 0 Å². The summed E-state index contributed by atoms with van der Waals surface area (Å²) >= 11 is 0. The van der Waals surface area contributed by atoms with Crippen LogP contribution >= 0.6 is 0 Å².